The van der Waals surface area contributed by atoms with Gasteiger partial charge in [0.05, 0.1) is 0 Å². The zero-order valence-corrected chi connectivity index (χ0v) is 27.6. The molecule has 9 heteroatoms. The number of carbonyl (C=O) groups excluding carboxylic acids is 2. The number of hydrogen-bond acceptors (Lipinski definition) is 6. The molecule has 1 aliphatic heterocycles. The van der Waals surface area contributed by atoms with Crippen molar-refractivity contribution in [3.63, 3.8) is 0 Å². The second-order valence-corrected chi connectivity index (χ2v) is 11.8. The van der Waals surface area contributed by atoms with Crippen molar-refractivity contribution in [1.29, 1.82) is 0 Å². The highest BCUT2D eigenvalue weighted by Crippen LogP contribution is 2.34. The molecule has 0 fully saturated rings. The van der Waals surface area contributed by atoms with Crippen molar-refractivity contribution in [2.24, 2.45) is 0 Å². The van der Waals surface area contributed by atoms with Crippen molar-refractivity contribution in [3.8, 4) is 5.75 Å². The van der Waals surface area contributed by atoms with E-state index >= 15 is 0 Å². The van der Waals surface area contributed by atoms with Crippen LogP contribution in [-0.4, -0.2) is 72.5 Å². The topological polar surface area (TPSA) is 80.3 Å². The molecule has 2 rings (SSSR count). The number of nitrogens with zero attached hydrogens (tertiary/aromatic N) is 2. The van der Waals surface area contributed by atoms with E-state index in [1.165, 1.54) is 12.0 Å². The second kappa shape index (κ2) is 16.1. The molecule has 42 heavy (non-hydrogen) atoms. The molecule has 3 atom stereocenters. The molecule has 0 saturated carbocycles. The highest BCUT2D eigenvalue weighted by Gasteiger charge is 2.39. The van der Waals surface area contributed by atoms with Crippen LogP contribution in [0.25, 0.3) is 0 Å². The lowest BCUT2D eigenvalue weighted by Crippen LogP contribution is -2.50. The molecule has 1 aliphatic rings. The van der Waals surface area contributed by atoms with Gasteiger partial charge in [-0.3, -0.25) is 14.6 Å². The molecule has 1 aromatic carbocycles. The van der Waals surface area contributed by atoms with Crippen LogP contribution in [0.4, 0.5) is 4.79 Å². The molecular formula is C33H50ClN3O5. The Hall–Kier alpha value is -2.81. The number of fused-ring (bicyclic) bond motifs is 1. The summed E-state index contributed by atoms with van der Waals surface area (Å²) in [7, 11) is 1.50. The van der Waals surface area contributed by atoms with Gasteiger partial charge < -0.3 is 19.5 Å². The molecule has 0 saturated heterocycles. The normalized spacial score (nSPS) is 17.8. The van der Waals surface area contributed by atoms with Crippen molar-refractivity contribution in [2.75, 3.05) is 26.7 Å². The predicted octanol–water partition coefficient (Wildman–Crippen LogP) is 6.75. The number of benzene rings is 1. The van der Waals surface area contributed by atoms with E-state index in [2.05, 4.69) is 44.5 Å². The standard InChI is InChI=1S/C33H50ClN3O5/c1-11-27(34)14-13-24(7)25(8)41-28-15-16-29-26(21-28)17-19-37(32(39)42-33(9,12-2)40-10)30(29)31(38)35-18-20-36(22(3)4)23(5)6/h11,13-16,21-23,25,30H,7,12,17-20H2,1-6,8-10H3,(H,35,38)/b14-13-,27-11+. The fraction of sp³-hybridized carbons (Fsp3) is 0.576. The summed E-state index contributed by atoms with van der Waals surface area (Å²) in [5.74, 6) is -0.683. The maximum Gasteiger partial charge on any atom is 0.413 e. The van der Waals surface area contributed by atoms with Crippen LogP contribution < -0.4 is 10.1 Å². The highest BCUT2D eigenvalue weighted by atomic mass is 35.5. The Morgan fingerprint density at radius 3 is 2.45 bits per heavy atom. The van der Waals surface area contributed by atoms with Crippen molar-refractivity contribution < 1.29 is 23.8 Å². The summed E-state index contributed by atoms with van der Waals surface area (Å²) < 4.78 is 17.4. The van der Waals surface area contributed by atoms with E-state index in [1.807, 2.05) is 45.0 Å². The smallest absolute Gasteiger partial charge is 0.413 e. The monoisotopic (exact) mass is 603 g/mol. The Labute approximate surface area is 257 Å². The number of allylic oxidation sites excluding steroid dienone is 3. The largest absolute Gasteiger partial charge is 0.486 e. The molecule has 1 N–H and O–H groups in total. The van der Waals surface area contributed by atoms with E-state index < -0.39 is 17.9 Å². The molecular weight excluding hydrogens is 554 g/mol. The van der Waals surface area contributed by atoms with E-state index in [-0.39, 0.29) is 12.0 Å². The number of nitrogens with one attached hydrogen (secondary N) is 1. The van der Waals surface area contributed by atoms with Gasteiger partial charge in [-0.05, 0) is 82.9 Å². The maximum atomic E-state index is 13.7. The van der Waals surface area contributed by atoms with Gasteiger partial charge in [-0.2, -0.15) is 0 Å². The first-order valence-electron chi connectivity index (χ1n) is 14.8. The average molecular weight is 604 g/mol. The Bertz CT molecular complexity index is 1130. The van der Waals surface area contributed by atoms with Crippen LogP contribution >= 0.6 is 11.6 Å². The Morgan fingerprint density at radius 2 is 1.88 bits per heavy atom. The first-order valence-corrected chi connectivity index (χ1v) is 15.2. The Morgan fingerprint density at radius 1 is 1.21 bits per heavy atom. The molecule has 234 valence electrons. The molecule has 1 aromatic rings. The highest BCUT2D eigenvalue weighted by molar-refractivity contribution is 6.31. The minimum atomic E-state index is -1.09. The third-order valence-corrected chi connectivity index (χ3v) is 8.11. The number of ether oxygens (including phenoxy) is 3. The van der Waals surface area contributed by atoms with Gasteiger partial charge in [0.25, 0.3) is 0 Å². The van der Waals surface area contributed by atoms with Crippen LogP contribution in [0.2, 0.25) is 0 Å². The molecule has 0 aromatic heterocycles. The van der Waals surface area contributed by atoms with Crippen molar-refractivity contribution in [1.82, 2.24) is 15.1 Å². The molecule has 1 heterocycles. The predicted molar refractivity (Wildman–Crippen MR) is 170 cm³/mol. The third kappa shape index (κ3) is 9.61. The molecule has 0 radical (unpaired) electrons. The van der Waals surface area contributed by atoms with Crippen LogP contribution in [-0.2, 0) is 20.7 Å². The SMILES string of the molecule is C=C(/C=C\C(Cl)=C/C)C(C)Oc1ccc2c(c1)CCN(C(=O)OC(C)(CC)OC)C2C(=O)NCCN(C(C)C)C(C)C. The fourth-order valence-corrected chi connectivity index (χ4v) is 4.94. The molecule has 2 amide bonds. The van der Waals surface area contributed by atoms with Crippen LogP contribution in [0, 0.1) is 0 Å². The van der Waals surface area contributed by atoms with E-state index in [9.17, 15) is 9.59 Å². The molecule has 0 aliphatic carbocycles. The second-order valence-electron chi connectivity index (χ2n) is 11.3. The van der Waals surface area contributed by atoms with E-state index in [0.29, 0.717) is 55.3 Å². The summed E-state index contributed by atoms with van der Waals surface area (Å²) in [6.07, 6.45) is 5.55. The zero-order valence-electron chi connectivity index (χ0n) is 26.8. The van der Waals surface area contributed by atoms with Crippen LogP contribution in [0.3, 0.4) is 0 Å². The van der Waals surface area contributed by atoms with Crippen molar-refractivity contribution in [3.05, 3.63) is 64.7 Å². The zero-order chi connectivity index (χ0) is 31.6. The van der Waals surface area contributed by atoms with Gasteiger partial charge in [0.15, 0.2) is 0 Å². The first-order chi connectivity index (χ1) is 19.8. The van der Waals surface area contributed by atoms with Gasteiger partial charge in [-0.15, -0.1) is 0 Å². The summed E-state index contributed by atoms with van der Waals surface area (Å²) >= 11 is 6.07. The first kappa shape index (κ1) is 35.4. The maximum absolute atomic E-state index is 13.7. The number of methoxy groups -OCH3 is 1. The summed E-state index contributed by atoms with van der Waals surface area (Å²) in [5.41, 5.74) is 2.46. The van der Waals surface area contributed by atoms with Gasteiger partial charge in [0.1, 0.15) is 17.9 Å². The fourth-order valence-electron chi connectivity index (χ4n) is 4.87. The lowest BCUT2D eigenvalue weighted by molar-refractivity contribution is -0.181. The number of rotatable bonds is 14. The molecule has 3 unspecified atom stereocenters. The summed E-state index contributed by atoms with van der Waals surface area (Å²) in [6, 6.07) is 5.47. The van der Waals surface area contributed by atoms with Gasteiger partial charge in [0.2, 0.25) is 11.7 Å². The van der Waals surface area contributed by atoms with Gasteiger partial charge in [-0.1, -0.05) is 43.3 Å². The molecule has 8 nitrogen and oxygen atoms in total. The third-order valence-electron chi connectivity index (χ3n) is 7.77. The minimum absolute atomic E-state index is 0.252. The lowest BCUT2D eigenvalue weighted by atomic mass is 9.92. The van der Waals surface area contributed by atoms with Crippen molar-refractivity contribution in [2.45, 2.75) is 98.2 Å². The van der Waals surface area contributed by atoms with E-state index in [0.717, 1.165) is 16.7 Å². The van der Waals surface area contributed by atoms with Crippen LogP contribution in [0.15, 0.2) is 53.6 Å². The van der Waals surface area contributed by atoms with Gasteiger partial charge >= 0.3 is 6.09 Å². The Kier molecular flexibility index (Phi) is 13.6. The van der Waals surface area contributed by atoms with Gasteiger partial charge in [-0.25, -0.2) is 4.79 Å². The lowest BCUT2D eigenvalue weighted by Gasteiger charge is -2.38. The van der Waals surface area contributed by atoms with E-state index in [1.54, 1.807) is 19.1 Å². The number of halogens is 1. The number of amides is 2. The minimum Gasteiger partial charge on any atom is -0.486 e. The quantitative estimate of drug-likeness (QED) is 0.187. The summed E-state index contributed by atoms with van der Waals surface area (Å²) in [4.78, 5) is 31.0. The van der Waals surface area contributed by atoms with Crippen LogP contribution in [0.5, 0.6) is 5.75 Å². The summed E-state index contributed by atoms with van der Waals surface area (Å²) in [5, 5.41) is 3.69. The average Bonchev–Trinajstić information content (AvgIpc) is 2.96. The molecule has 0 bridgehead atoms. The van der Waals surface area contributed by atoms with Crippen LogP contribution in [0.1, 0.15) is 79.0 Å². The van der Waals surface area contributed by atoms with E-state index in [4.69, 9.17) is 25.8 Å². The van der Waals surface area contributed by atoms with Crippen molar-refractivity contribution >= 4 is 23.6 Å². The number of carbonyl (C=O) groups is 2. The van der Waals surface area contributed by atoms with Gasteiger partial charge in [0, 0.05) is 57.2 Å². The summed E-state index contributed by atoms with van der Waals surface area (Å²) in [6.45, 7) is 21.5. The molecule has 0 spiro atoms. The Balaban J connectivity index is 2.32. The number of hydrogen-bond donors (Lipinski definition) is 1.